The second-order valence-corrected chi connectivity index (χ2v) is 4.86. The van der Waals surface area contributed by atoms with Gasteiger partial charge in [0.25, 0.3) is 0 Å². The summed E-state index contributed by atoms with van der Waals surface area (Å²) in [5.74, 6) is 0.998. The Hall–Kier alpha value is -0.980. The lowest BCUT2D eigenvalue weighted by atomic mass is 10.0. The molecule has 2 aliphatic heterocycles. The Balaban J connectivity index is 1.62. The quantitative estimate of drug-likeness (QED) is 0.800. The van der Waals surface area contributed by atoms with Gasteiger partial charge in [0.1, 0.15) is 0 Å². The molecule has 100 valence electrons. The molecule has 6 heteroatoms. The van der Waals surface area contributed by atoms with Crippen molar-refractivity contribution in [3.8, 4) is 0 Å². The smallest absolute Gasteiger partial charge is 0.230 e. The number of likely N-dealkylation sites (tertiary alicyclic amines) is 1. The molecule has 6 nitrogen and oxygen atoms in total. The van der Waals surface area contributed by atoms with Gasteiger partial charge in [-0.15, -0.1) is 10.2 Å². The van der Waals surface area contributed by atoms with E-state index in [2.05, 4.69) is 15.1 Å². The number of hydrogen-bond donors (Lipinski definition) is 0. The first kappa shape index (κ1) is 12.1. The van der Waals surface area contributed by atoms with E-state index in [1.165, 1.54) is 0 Å². The van der Waals surface area contributed by atoms with Crippen LogP contribution in [-0.2, 0) is 22.4 Å². The van der Waals surface area contributed by atoms with Gasteiger partial charge in [0.2, 0.25) is 11.8 Å². The van der Waals surface area contributed by atoms with Crippen molar-refractivity contribution in [2.24, 2.45) is 0 Å². The van der Waals surface area contributed by atoms with E-state index in [4.69, 9.17) is 13.9 Å². The second kappa shape index (κ2) is 4.95. The predicted octanol–water partition coefficient (Wildman–Crippen LogP) is 0.971. The van der Waals surface area contributed by atoms with Crippen molar-refractivity contribution in [2.75, 3.05) is 26.3 Å². The molecule has 0 unspecified atom stereocenters. The van der Waals surface area contributed by atoms with E-state index in [9.17, 15) is 0 Å². The molecule has 0 aromatic carbocycles. The molecule has 2 fully saturated rings. The molecule has 2 aliphatic rings. The summed E-state index contributed by atoms with van der Waals surface area (Å²) in [6.45, 7) is 5.91. The Labute approximate surface area is 106 Å². The lowest BCUT2D eigenvalue weighted by molar-refractivity contribution is -0.190. The highest BCUT2D eigenvalue weighted by Gasteiger charge is 2.40. The molecule has 0 bridgehead atoms. The van der Waals surface area contributed by atoms with Gasteiger partial charge in [-0.3, -0.25) is 4.90 Å². The van der Waals surface area contributed by atoms with E-state index >= 15 is 0 Å². The summed E-state index contributed by atoms with van der Waals surface area (Å²) in [4.78, 5) is 2.27. The third kappa shape index (κ3) is 2.41. The highest BCUT2D eigenvalue weighted by atomic mass is 16.7. The van der Waals surface area contributed by atoms with Crippen LogP contribution in [0.3, 0.4) is 0 Å². The fourth-order valence-corrected chi connectivity index (χ4v) is 2.62. The number of aryl methyl sites for hydroxylation is 1. The predicted molar refractivity (Wildman–Crippen MR) is 62.8 cm³/mol. The molecule has 0 amide bonds. The lowest BCUT2D eigenvalue weighted by Gasteiger charge is -2.37. The third-order valence-electron chi connectivity index (χ3n) is 3.48. The highest BCUT2D eigenvalue weighted by Crippen LogP contribution is 2.30. The van der Waals surface area contributed by atoms with Crippen LogP contribution < -0.4 is 0 Å². The van der Waals surface area contributed by atoms with Gasteiger partial charge < -0.3 is 13.9 Å². The minimum atomic E-state index is -0.383. The lowest BCUT2D eigenvalue weighted by Crippen LogP contribution is -2.48. The van der Waals surface area contributed by atoms with Crippen molar-refractivity contribution in [3.05, 3.63) is 11.8 Å². The van der Waals surface area contributed by atoms with Gasteiger partial charge in [-0.25, -0.2) is 0 Å². The van der Waals surface area contributed by atoms with Crippen molar-refractivity contribution in [3.63, 3.8) is 0 Å². The molecular weight excluding hydrogens is 234 g/mol. The summed E-state index contributed by atoms with van der Waals surface area (Å²) >= 11 is 0. The van der Waals surface area contributed by atoms with Crippen LogP contribution in [0.2, 0.25) is 0 Å². The van der Waals surface area contributed by atoms with Crippen LogP contribution in [-0.4, -0.2) is 47.2 Å². The molecular formula is C12H19N3O3. The Bertz CT molecular complexity index is 401. The highest BCUT2D eigenvalue weighted by molar-refractivity contribution is 4.87. The van der Waals surface area contributed by atoms with Crippen molar-refractivity contribution in [1.82, 2.24) is 15.1 Å². The van der Waals surface area contributed by atoms with E-state index < -0.39 is 0 Å². The Morgan fingerprint density at radius 1 is 1.22 bits per heavy atom. The summed E-state index contributed by atoms with van der Waals surface area (Å²) < 4.78 is 17.0. The maximum Gasteiger partial charge on any atom is 0.230 e. The molecule has 0 saturated carbocycles. The first-order valence-electron chi connectivity index (χ1n) is 6.61. The number of piperidine rings is 1. The summed E-state index contributed by atoms with van der Waals surface area (Å²) in [6.07, 6.45) is 2.84. The standard InChI is InChI=1S/C12H19N3O3/c1-2-10-13-14-11(18-10)8-15-5-3-4-12(9-15)16-6-7-17-12/h2-9H2,1H3. The van der Waals surface area contributed by atoms with Gasteiger partial charge in [0.05, 0.1) is 26.3 Å². The number of hydrogen-bond acceptors (Lipinski definition) is 6. The van der Waals surface area contributed by atoms with E-state index in [-0.39, 0.29) is 5.79 Å². The van der Waals surface area contributed by atoms with E-state index in [1.807, 2.05) is 6.92 Å². The Morgan fingerprint density at radius 2 is 2.00 bits per heavy atom. The molecule has 0 N–H and O–H groups in total. The van der Waals surface area contributed by atoms with E-state index in [1.54, 1.807) is 0 Å². The Kier molecular flexibility index (Phi) is 3.32. The van der Waals surface area contributed by atoms with Gasteiger partial charge in [0, 0.05) is 12.8 Å². The molecule has 1 aromatic heterocycles. The fraction of sp³-hybridized carbons (Fsp3) is 0.833. The van der Waals surface area contributed by atoms with E-state index in [0.717, 1.165) is 32.4 Å². The minimum Gasteiger partial charge on any atom is -0.424 e. The SMILES string of the molecule is CCc1nnc(CN2CCCC3(C2)OCCO3)o1. The number of nitrogens with zero attached hydrogens (tertiary/aromatic N) is 3. The van der Waals surface area contributed by atoms with Crippen LogP contribution >= 0.6 is 0 Å². The van der Waals surface area contributed by atoms with Crippen LogP contribution in [0.25, 0.3) is 0 Å². The number of aromatic nitrogens is 2. The summed E-state index contributed by atoms with van der Waals surface area (Å²) in [5, 5.41) is 8.04. The molecule has 0 radical (unpaired) electrons. The second-order valence-electron chi connectivity index (χ2n) is 4.86. The van der Waals surface area contributed by atoms with Gasteiger partial charge in [-0.05, 0) is 13.0 Å². The van der Waals surface area contributed by atoms with Crippen molar-refractivity contribution < 1.29 is 13.9 Å². The molecule has 0 aliphatic carbocycles. The summed E-state index contributed by atoms with van der Waals surface area (Å²) in [5.41, 5.74) is 0. The maximum absolute atomic E-state index is 5.75. The zero-order valence-corrected chi connectivity index (χ0v) is 10.7. The Morgan fingerprint density at radius 3 is 2.72 bits per heavy atom. The maximum atomic E-state index is 5.75. The van der Waals surface area contributed by atoms with Gasteiger partial charge >= 0.3 is 0 Å². The minimum absolute atomic E-state index is 0.383. The van der Waals surface area contributed by atoms with Crippen LogP contribution in [0.4, 0.5) is 0 Å². The number of rotatable bonds is 3. The zero-order chi connectivity index (χ0) is 12.4. The third-order valence-corrected chi connectivity index (χ3v) is 3.48. The average molecular weight is 253 g/mol. The fourth-order valence-electron chi connectivity index (χ4n) is 2.62. The molecule has 1 spiro atoms. The van der Waals surface area contributed by atoms with Gasteiger partial charge in [0.15, 0.2) is 5.79 Å². The normalized spacial score (nSPS) is 23.8. The zero-order valence-electron chi connectivity index (χ0n) is 10.7. The van der Waals surface area contributed by atoms with Crippen LogP contribution in [0.1, 0.15) is 31.5 Å². The van der Waals surface area contributed by atoms with Crippen LogP contribution in [0.5, 0.6) is 0 Å². The number of ether oxygens (including phenoxy) is 2. The first-order valence-corrected chi connectivity index (χ1v) is 6.61. The van der Waals surface area contributed by atoms with Gasteiger partial charge in [-0.2, -0.15) is 0 Å². The van der Waals surface area contributed by atoms with Crippen molar-refractivity contribution in [2.45, 2.75) is 38.5 Å². The van der Waals surface area contributed by atoms with Crippen LogP contribution in [0.15, 0.2) is 4.42 Å². The molecule has 3 rings (SSSR count). The van der Waals surface area contributed by atoms with Gasteiger partial charge in [-0.1, -0.05) is 6.92 Å². The molecule has 18 heavy (non-hydrogen) atoms. The monoisotopic (exact) mass is 253 g/mol. The van der Waals surface area contributed by atoms with Crippen molar-refractivity contribution in [1.29, 1.82) is 0 Å². The average Bonchev–Trinajstić information content (AvgIpc) is 2.99. The molecule has 1 aromatic rings. The summed E-state index contributed by atoms with van der Waals surface area (Å²) in [7, 11) is 0. The van der Waals surface area contributed by atoms with Crippen LogP contribution in [0, 0.1) is 0 Å². The summed E-state index contributed by atoms with van der Waals surface area (Å²) in [6, 6.07) is 0. The topological polar surface area (TPSA) is 60.6 Å². The van der Waals surface area contributed by atoms with Crippen molar-refractivity contribution >= 4 is 0 Å². The molecule has 3 heterocycles. The van der Waals surface area contributed by atoms with E-state index in [0.29, 0.717) is 31.5 Å². The molecule has 0 atom stereocenters. The largest absolute Gasteiger partial charge is 0.424 e. The first-order chi connectivity index (χ1) is 8.80. The molecule has 2 saturated heterocycles.